The number of fused-ring (bicyclic) bond motifs is 1. The summed E-state index contributed by atoms with van der Waals surface area (Å²) in [7, 11) is 0. The van der Waals surface area contributed by atoms with Gasteiger partial charge in [-0.2, -0.15) is 5.10 Å². The first-order chi connectivity index (χ1) is 7.49. The maximum absolute atomic E-state index is 11.2. The fourth-order valence-electron chi connectivity index (χ4n) is 1.26. The first kappa shape index (κ1) is 10.4. The molecule has 0 spiro atoms. The Balaban J connectivity index is 2.30. The lowest BCUT2D eigenvalue weighted by Gasteiger charge is -2.22. The zero-order valence-electron chi connectivity index (χ0n) is 9.14. The topological polar surface area (TPSA) is 85.3 Å². The second-order valence-electron chi connectivity index (χ2n) is 4.06. The number of hydrogen-bond acceptors (Lipinski definition) is 4. The van der Waals surface area contributed by atoms with Crippen molar-refractivity contribution >= 4 is 17.4 Å². The minimum Gasteiger partial charge on any atom is -0.368 e. The van der Waals surface area contributed by atoms with Gasteiger partial charge in [0.1, 0.15) is 11.4 Å². The number of nitrogens with one attached hydrogen (secondary N) is 1. The number of nitrogens with zero attached hydrogens (tertiary/aromatic N) is 3. The molecule has 16 heavy (non-hydrogen) atoms. The van der Waals surface area contributed by atoms with Gasteiger partial charge in [-0.1, -0.05) is 0 Å². The smallest absolute Gasteiger partial charge is 0.242 e. The Labute approximate surface area is 92.5 Å². The van der Waals surface area contributed by atoms with Gasteiger partial charge in [-0.15, -0.1) is 0 Å². The molecule has 0 unspecified atom stereocenters. The van der Waals surface area contributed by atoms with Crippen LogP contribution in [0.3, 0.4) is 0 Å². The van der Waals surface area contributed by atoms with Crippen molar-refractivity contribution in [1.82, 2.24) is 14.6 Å². The molecular weight excluding hydrogens is 206 g/mol. The number of aromatic nitrogens is 3. The summed E-state index contributed by atoms with van der Waals surface area (Å²) >= 11 is 0. The van der Waals surface area contributed by atoms with Crippen molar-refractivity contribution in [1.29, 1.82) is 0 Å². The summed E-state index contributed by atoms with van der Waals surface area (Å²) in [5, 5.41) is 7.00. The Hall–Kier alpha value is -2.11. The lowest BCUT2D eigenvalue weighted by Crippen LogP contribution is -2.45. The van der Waals surface area contributed by atoms with E-state index in [0.717, 1.165) is 0 Å². The highest BCUT2D eigenvalue weighted by molar-refractivity contribution is 5.86. The summed E-state index contributed by atoms with van der Waals surface area (Å²) in [6, 6.07) is 3.52. The first-order valence-electron chi connectivity index (χ1n) is 4.87. The molecule has 1 amide bonds. The standard InChI is InChI=1S/C10H13N5O/c1-10(2,9(11)16)14-7-4-6-15-8(13-7)3-5-12-15/h3-6H,1-2H3,(H2,11,16)(H,13,14). The van der Waals surface area contributed by atoms with E-state index in [4.69, 9.17) is 5.73 Å². The number of carbonyl (C=O) groups excluding carboxylic acids is 1. The summed E-state index contributed by atoms with van der Waals surface area (Å²) in [5.74, 6) is 0.166. The zero-order valence-corrected chi connectivity index (χ0v) is 9.14. The molecule has 0 atom stereocenters. The van der Waals surface area contributed by atoms with Crippen molar-refractivity contribution in [2.75, 3.05) is 5.32 Å². The van der Waals surface area contributed by atoms with Crippen molar-refractivity contribution in [3.05, 3.63) is 24.5 Å². The van der Waals surface area contributed by atoms with Gasteiger partial charge >= 0.3 is 0 Å². The zero-order chi connectivity index (χ0) is 11.8. The van der Waals surface area contributed by atoms with E-state index in [1.807, 2.05) is 0 Å². The van der Waals surface area contributed by atoms with Crippen LogP contribution in [0.15, 0.2) is 24.5 Å². The van der Waals surface area contributed by atoms with Gasteiger partial charge in [-0.3, -0.25) is 4.79 Å². The molecule has 6 nitrogen and oxygen atoms in total. The van der Waals surface area contributed by atoms with E-state index < -0.39 is 11.4 Å². The van der Waals surface area contributed by atoms with Gasteiger partial charge in [-0.25, -0.2) is 9.50 Å². The highest BCUT2D eigenvalue weighted by atomic mass is 16.1. The van der Waals surface area contributed by atoms with E-state index in [-0.39, 0.29) is 0 Å². The Kier molecular flexibility index (Phi) is 2.26. The van der Waals surface area contributed by atoms with Crippen LogP contribution in [0, 0.1) is 0 Å². The number of nitrogens with two attached hydrogens (primary N) is 1. The normalized spacial score (nSPS) is 11.6. The molecule has 2 heterocycles. The quantitative estimate of drug-likeness (QED) is 0.782. The molecule has 0 bridgehead atoms. The Bertz CT molecular complexity index is 531. The molecule has 6 heteroatoms. The first-order valence-corrected chi connectivity index (χ1v) is 4.87. The second kappa shape index (κ2) is 3.48. The molecule has 0 saturated carbocycles. The van der Waals surface area contributed by atoms with Crippen LogP contribution in [0.25, 0.3) is 5.65 Å². The summed E-state index contributed by atoms with van der Waals surface area (Å²) < 4.78 is 1.64. The molecule has 0 saturated heterocycles. The molecular formula is C10H13N5O. The van der Waals surface area contributed by atoms with E-state index in [9.17, 15) is 4.79 Å². The highest BCUT2D eigenvalue weighted by Crippen LogP contribution is 2.13. The molecule has 0 radical (unpaired) electrons. The van der Waals surface area contributed by atoms with Crippen molar-refractivity contribution in [3.63, 3.8) is 0 Å². The van der Waals surface area contributed by atoms with Gasteiger partial charge in [0.05, 0.1) is 6.20 Å². The van der Waals surface area contributed by atoms with Crippen LogP contribution in [-0.2, 0) is 4.79 Å². The largest absolute Gasteiger partial charge is 0.368 e. The van der Waals surface area contributed by atoms with Crippen LogP contribution in [-0.4, -0.2) is 26.0 Å². The Morgan fingerprint density at radius 1 is 1.50 bits per heavy atom. The number of hydrogen-bond donors (Lipinski definition) is 2. The van der Waals surface area contributed by atoms with Gasteiger partial charge in [-0.05, 0) is 19.9 Å². The number of primary amides is 1. The van der Waals surface area contributed by atoms with Crippen LogP contribution in [0.5, 0.6) is 0 Å². The van der Waals surface area contributed by atoms with E-state index in [1.165, 1.54) is 0 Å². The minimum absolute atomic E-state index is 0.428. The number of anilines is 1. The Morgan fingerprint density at radius 3 is 2.94 bits per heavy atom. The molecule has 0 aliphatic carbocycles. The van der Waals surface area contributed by atoms with E-state index in [0.29, 0.717) is 11.5 Å². The van der Waals surface area contributed by atoms with Crippen LogP contribution >= 0.6 is 0 Å². The van der Waals surface area contributed by atoms with Crippen molar-refractivity contribution in [3.8, 4) is 0 Å². The van der Waals surface area contributed by atoms with Crippen LogP contribution in [0.1, 0.15) is 13.8 Å². The van der Waals surface area contributed by atoms with Crippen molar-refractivity contribution < 1.29 is 4.79 Å². The van der Waals surface area contributed by atoms with Gasteiger partial charge in [0, 0.05) is 12.3 Å². The van der Waals surface area contributed by atoms with Crippen molar-refractivity contribution in [2.24, 2.45) is 5.73 Å². The maximum Gasteiger partial charge on any atom is 0.242 e. The lowest BCUT2D eigenvalue weighted by molar-refractivity contribution is -0.121. The summed E-state index contributed by atoms with van der Waals surface area (Å²) in [4.78, 5) is 15.4. The van der Waals surface area contributed by atoms with Gasteiger partial charge in [0.2, 0.25) is 5.91 Å². The molecule has 84 valence electrons. The minimum atomic E-state index is -0.828. The van der Waals surface area contributed by atoms with Crippen LogP contribution in [0.2, 0.25) is 0 Å². The predicted octanol–water partition coefficient (Wildman–Crippen LogP) is 0.405. The molecule has 3 N–H and O–H groups in total. The molecule has 2 aromatic heterocycles. The van der Waals surface area contributed by atoms with E-state index in [1.54, 1.807) is 42.9 Å². The third-order valence-electron chi connectivity index (χ3n) is 2.31. The average Bonchev–Trinajstić information content (AvgIpc) is 2.63. The lowest BCUT2D eigenvalue weighted by atomic mass is 10.1. The third kappa shape index (κ3) is 1.81. The monoisotopic (exact) mass is 219 g/mol. The summed E-state index contributed by atoms with van der Waals surface area (Å²) in [6.45, 7) is 3.41. The maximum atomic E-state index is 11.2. The summed E-state index contributed by atoms with van der Waals surface area (Å²) in [5.41, 5.74) is 5.15. The number of rotatable bonds is 3. The van der Waals surface area contributed by atoms with Crippen LogP contribution in [0.4, 0.5) is 5.82 Å². The number of carbonyl (C=O) groups is 1. The van der Waals surface area contributed by atoms with Gasteiger partial charge in [0.25, 0.3) is 0 Å². The van der Waals surface area contributed by atoms with Crippen molar-refractivity contribution in [2.45, 2.75) is 19.4 Å². The molecule has 0 aromatic carbocycles. The highest BCUT2D eigenvalue weighted by Gasteiger charge is 2.24. The summed E-state index contributed by atoms with van der Waals surface area (Å²) in [6.07, 6.45) is 3.42. The predicted molar refractivity (Wildman–Crippen MR) is 59.9 cm³/mol. The number of amides is 1. The Morgan fingerprint density at radius 2 is 2.25 bits per heavy atom. The van der Waals surface area contributed by atoms with Gasteiger partial charge < -0.3 is 11.1 Å². The third-order valence-corrected chi connectivity index (χ3v) is 2.31. The second-order valence-corrected chi connectivity index (χ2v) is 4.06. The van der Waals surface area contributed by atoms with E-state index >= 15 is 0 Å². The fourth-order valence-corrected chi connectivity index (χ4v) is 1.26. The average molecular weight is 219 g/mol. The molecule has 0 aliphatic rings. The SMILES string of the molecule is CC(C)(Nc1ccn2nccc2n1)C(N)=O. The molecule has 0 aliphatic heterocycles. The molecule has 0 fully saturated rings. The molecule has 2 rings (SSSR count). The van der Waals surface area contributed by atoms with E-state index in [2.05, 4.69) is 15.4 Å². The molecule has 2 aromatic rings. The van der Waals surface area contributed by atoms with Gasteiger partial charge in [0.15, 0.2) is 5.65 Å². The van der Waals surface area contributed by atoms with Crippen LogP contribution < -0.4 is 11.1 Å². The fraction of sp³-hybridized carbons (Fsp3) is 0.300.